The molecular formula is C13H17BrFN3O. The minimum atomic E-state index is -0.434. The van der Waals surface area contributed by atoms with E-state index in [0.29, 0.717) is 17.1 Å². The third kappa shape index (κ3) is 4.26. The predicted octanol–water partition coefficient (Wildman–Crippen LogP) is 1.82. The summed E-state index contributed by atoms with van der Waals surface area (Å²) in [4.78, 5) is 13.9. The number of benzene rings is 1. The average Bonchev–Trinajstić information content (AvgIpc) is 2.33. The Morgan fingerprint density at radius 1 is 1.63 bits per heavy atom. The van der Waals surface area contributed by atoms with Gasteiger partial charge in [-0.2, -0.15) is 0 Å². The van der Waals surface area contributed by atoms with Gasteiger partial charge >= 0.3 is 0 Å². The van der Waals surface area contributed by atoms with E-state index >= 15 is 0 Å². The normalized spacial score (nSPS) is 20.3. The van der Waals surface area contributed by atoms with E-state index in [9.17, 15) is 9.18 Å². The number of carbonyl (C=O) groups excluding carboxylic acids is 1. The summed E-state index contributed by atoms with van der Waals surface area (Å²) in [6.45, 7) is 4.91. The molecule has 1 aromatic rings. The average molecular weight is 330 g/mol. The van der Waals surface area contributed by atoms with Gasteiger partial charge in [0.15, 0.2) is 0 Å². The summed E-state index contributed by atoms with van der Waals surface area (Å²) in [6.07, 6.45) is 0. The summed E-state index contributed by atoms with van der Waals surface area (Å²) in [6, 6.07) is 4.97. The van der Waals surface area contributed by atoms with Gasteiger partial charge in [0.05, 0.1) is 12.2 Å². The van der Waals surface area contributed by atoms with Crippen molar-refractivity contribution >= 4 is 27.5 Å². The number of piperazine rings is 1. The number of carbonyl (C=O) groups is 1. The molecule has 1 aliphatic rings. The second kappa shape index (κ2) is 6.45. The molecule has 1 amide bonds. The van der Waals surface area contributed by atoms with Gasteiger partial charge in [0.2, 0.25) is 5.91 Å². The van der Waals surface area contributed by atoms with E-state index < -0.39 is 5.82 Å². The van der Waals surface area contributed by atoms with Crippen LogP contribution in [0.4, 0.5) is 10.1 Å². The number of nitrogens with one attached hydrogen (secondary N) is 2. The fourth-order valence-corrected chi connectivity index (χ4v) is 2.47. The molecule has 1 fully saturated rings. The molecule has 1 aromatic carbocycles. The summed E-state index contributed by atoms with van der Waals surface area (Å²) in [5, 5.41) is 5.91. The lowest BCUT2D eigenvalue weighted by Gasteiger charge is -2.31. The third-order valence-electron chi connectivity index (χ3n) is 3.03. The number of nitrogens with zero attached hydrogens (tertiary/aromatic N) is 1. The van der Waals surface area contributed by atoms with Crippen molar-refractivity contribution in [3.8, 4) is 0 Å². The summed E-state index contributed by atoms with van der Waals surface area (Å²) < 4.78 is 14.2. The van der Waals surface area contributed by atoms with Gasteiger partial charge in [-0.1, -0.05) is 15.9 Å². The SMILES string of the molecule is C[C@H]1CN(CC(=O)Nc2ccc(Br)cc2F)CCN1. The smallest absolute Gasteiger partial charge is 0.238 e. The van der Waals surface area contributed by atoms with Crippen molar-refractivity contribution in [1.29, 1.82) is 0 Å². The van der Waals surface area contributed by atoms with Crippen LogP contribution < -0.4 is 10.6 Å². The van der Waals surface area contributed by atoms with Gasteiger partial charge in [-0.05, 0) is 25.1 Å². The summed E-state index contributed by atoms with van der Waals surface area (Å²) >= 11 is 3.18. The van der Waals surface area contributed by atoms with Crippen LogP contribution in [0.5, 0.6) is 0 Å². The highest BCUT2D eigenvalue weighted by Gasteiger charge is 2.18. The van der Waals surface area contributed by atoms with Crippen molar-refractivity contribution < 1.29 is 9.18 Å². The molecule has 0 aromatic heterocycles. The van der Waals surface area contributed by atoms with Crippen LogP contribution >= 0.6 is 15.9 Å². The maximum atomic E-state index is 13.6. The van der Waals surface area contributed by atoms with Crippen LogP contribution in [0.25, 0.3) is 0 Å². The predicted molar refractivity (Wildman–Crippen MR) is 76.6 cm³/mol. The van der Waals surface area contributed by atoms with Crippen LogP contribution in [0.1, 0.15) is 6.92 Å². The van der Waals surface area contributed by atoms with Crippen molar-refractivity contribution in [3.05, 3.63) is 28.5 Å². The quantitative estimate of drug-likeness (QED) is 0.889. The molecule has 0 aliphatic carbocycles. The van der Waals surface area contributed by atoms with Gasteiger partial charge in [-0.15, -0.1) is 0 Å². The molecule has 1 atom stereocenters. The lowest BCUT2D eigenvalue weighted by molar-refractivity contribution is -0.117. The van der Waals surface area contributed by atoms with Gasteiger partial charge < -0.3 is 10.6 Å². The number of amides is 1. The van der Waals surface area contributed by atoms with E-state index in [4.69, 9.17) is 0 Å². The molecule has 1 heterocycles. The summed E-state index contributed by atoms with van der Waals surface area (Å²) in [5.41, 5.74) is 0.219. The highest BCUT2D eigenvalue weighted by Crippen LogP contribution is 2.19. The molecule has 0 bridgehead atoms. The minimum Gasteiger partial charge on any atom is -0.322 e. The Morgan fingerprint density at radius 2 is 2.42 bits per heavy atom. The Hall–Kier alpha value is -0.980. The highest BCUT2D eigenvalue weighted by molar-refractivity contribution is 9.10. The Balaban J connectivity index is 1.90. The largest absolute Gasteiger partial charge is 0.322 e. The number of hydrogen-bond donors (Lipinski definition) is 2. The van der Waals surface area contributed by atoms with Crippen molar-refractivity contribution in [2.24, 2.45) is 0 Å². The zero-order valence-corrected chi connectivity index (χ0v) is 12.3. The molecule has 0 spiro atoms. The molecule has 2 N–H and O–H groups in total. The molecule has 1 aliphatic heterocycles. The van der Waals surface area contributed by atoms with Gasteiger partial charge in [-0.3, -0.25) is 9.69 Å². The second-order valence-corrected chi connectivity index (χ2v) is 5.68. The molecule has 2 rings (SSSR count). The third-order valence-corrected chi connectivity index (χ3v) is 3.52. The van der Waals surface area contributed by atoms with Crippen LogP contribution in [-0.4, -0.2) is 43.0 Å². The maximum absolute atomic E-state index is 13.6. The van der Waals surface area contributed by atoms with E-state index in [1.807, 2.05) is 0 Å². The first-order chi connectivity index (χ1) is 9.04. The van der Waals surface area contributed by atoms with Crippen molar-refractivity contribution in [1.82, 2.24) is 10.2 Å². The van der Waals surface area contributed by atoms with Gasteiger partial charge in [-0.25, -0.2) is 4.39 Å². The van der Waals surface area contributed by atoms with Crippen LogP contribution in [-0.2, 0) is 4.79 Å². The lowest BCUT2D eigenvalue weighted by atomic mass is 10.2. The Morgan fingerprint density at radius 3 is 3.11 bits per heavy atom. The summed E-state index contributed by atoms with van der Waals surface area (Å²) in [5.74, 6) is -0.619. The molecule has 1 saturated heterocycles. The Labute approximate surface area is 120 Å². The Kier molecular flexibility index (Phi) is 4.90. The van der Waals surface area contributed by atoms with E-state index in [-0.39, 0.29) is 11.6 Å². The molecule has 19 heavy (non-hydrogen) atoms. The second-order valence-electron chi connectivity index (χ2n) is 4.76. The first-order valence-electron chi connectivity index (χ1n) is 6.25. The fourth-order valence-electron chi connectivity index (χ4n) is 2.14. The fraction of sp³-hybridized carbons (Fsp3) is 0.462. The molecule has 0 saturated carbocycles. The molecule has 104 valence electrons. The molecule has 4 nitrogen and oxygen atoms in total. The molecular weight excluding hydrogens is 313 g/mol. The zero-order valence-electron chi connectivity index (χ0n) is 10.7. The standard InChI is InChI=1S/C13H17BrFN3O/c1-9-7-18(5-4-16-9)8-13(19)17-12-3-2-10(14)6-11(12)15/h2-3,6,9,16H,4-5,7-8H2,1H3,(H,17,19)/t9-/m0/s1. The van der Waals surface area contributed by atoms with Gasteiger partial charge in [0.1, 0.15) is 5.82 Å². The molecule has 0 radical (unpaired) electrons. The van der Waals surface area contributed by atoms with Crippen molar-refractivity contribution in [3.63, 3.8) is 0 Å². The van der Waals surface area contributed by atoms with E-state index in [2.05, 4.69) is 38.4 Å². The molecule has 6 heteroatoms. The van der Waals surface area contributed by atoms with Crippen LogP contribution in [0.3, 0.4) is 0 Å². The van der Waals surface area contributed by atoms with Gasteiger partial charge in [0.25, 0.3) is 0 Å². The van der Waals surface area contributed by atoms with Gasteiger partial charge in [0, 0.05) is 30.1 Å². The minimum absolute atomic E-state index is 0.185. The van der Waals surface area contributed by atoms with Crippen LogP contribution in [0.2, 0.25) is 0 Å². The van der Waals surface area contributed by atoms with E-state index in [1.54, 1.807) is 12.1 Å². The van der Waals surface area contributed by atoms with Crippen LogP contribution in [0.15, 0.2) is 22.7 Å². The Bertz CT molecular complexity index is 469. The topological polar surface area (TPSA) is 44.4 Å². The number of halogens is 2. The van der Waals surface area contributed by atoms with Crippen molar-refractivity contribution in [2.75, 3.05) is 31.5 Å². The lowest BCUT2D eigenvalue weighted by Crippen LogP contribution is -2.51. The highest BCUT2D eigenvalue weighted by atomic mass is 79.9. The van der Waals surface area contributed by atoms with E-state index in [0.717, 1.165) is 19.6 Å². The number of rotatable bonds is 3. The monoisotopic (exact) mass is 329 g/mol. The van der Waals surface area contributed by atoms with Crippen LogP contribution in [0, 0.1) is 5.82 Å². The number of anilines is 1. The summed E-state index contributed by atoms with van der Waals surface area (Å²) in [7, 11) is 0. The first kappa shape index (κ1) is 14.4. The zero-order chi connectivity index (χ0) is 13.8. The van der Waals surface area contributed by atoms with Crippen molar-refractivity contribution in [2.45, 2.75) is 13.0 Å². The number of hydrogen-bond acceptors (Lipinski definition) is 3. The molecule has 0 unspecified atom stereocenters. The maximum Gasteiger partial charge on any atom is 0.238 e. The first-order valence-corrected chi connectivity index (χ1v) is 7.04. The van der Waals surface area contributed by atoms with E-state index in [1.165, 1.54) is 6.07 Å².